The molecule has 4 atom stereocenters. The lowest BCUT2D eigenvalue weighted by atomic mass is 9.77. The van der Waals surface area contributed by atoms with Crippen molar-refractivity contribution in [2.75, 3.05) is 24.7 Å². The van der Waals surface area contributed by atoms with Gasteiger partial charge in [-0.15, -0.1) is 11.8 Å². The van der Waals surface area contributed by atoms with Crippen LogP contribution < -0.4 is 5.32 Å². The second-order valence-corrected chi connectivity index (χ2v) is 8.99. The van der Waals surface area contributed by atoms with E-state index < -0.39 is 11.9 Å². The molecule has 1 saturated heterocycles. The number of carbonyl (C=O) groups is 3. The van der Waals surface area contributed by atoms with E-state index in [4.69, 9.17) is 4.74 Å². The van der Waals surface area contributed by atoms with E-state index in [1.807, 2.05) is 35.4 Å². The van der Waals surface area contributed by atoms with Crippen molar-refractivity contribution < 1.29 is 19.1 Å². The van der Waals surface area contributed by atoms with Crippen LogP contribution in [0.3, 0.4) is 0 Å². The van der Waals surface area contributed by atoms with Gasteiger partial charge in [0.25, 0.3) is 5.91 Å². The normalized spacial score (nSPS) is 27.0. The first-order valence-corrected chi connectivity index (χ1v) is 11.5. The minimum Gasteiger partial charge on any atom is -0.455 e. The molecule has 2 aliphatic rings. The number of rotatable bonds is 6. The molecule has 0 aromatic heterocycles. The maximum absolute atomic E-state index is 12.5. The average Bonchev–Trinajstić information content (AvgIpc) is 3.10. The topological polar surface area (TPSA) is 75.7 Å². The molecule has 3 rings (SSSR count). The van der Waals surface area contributed by atoms with Crippen LogP contribution in [0.5, 0.6) is 0 Å². The van der Waals surface area contributed by atoms with E-state index in [-0.39, 0.29) is 30.9 Å². The van der Waals surface area contributed by atoms with Gasteiger partial charge in [-0.25, -0.2) is 0 Å². The molecule has 0 spiro atoms. The number of nitrogens with zero attached hydrogens (tertiary/aromatic N) is 1. The van der Waals surface area contributed by atoms with Gasteiger partial charge >= 0.3 is 5.97 Å². The minimum absolute atomic E-state index is 0.0243. The van der Waals surface area contributed by atoms with Crippen LogP contribution in [0.4, 0.5) is 5.69 Å². The molecule has 1 N–H and O–H groups in total. The van der Waals surface area contributed by atoms with Gasteiger partial charge in [0.15, 0.2) is 6.61 Å². The van der Waals surface area contributed by atoms with Crippen molar-refractivity contribution >= 4 is 35.2 Å². The number of para-hydroxylation sites is 1. The maximum Gasteiger partial charge on any atom is 0.311 e. The fourth-order valence-electron chi connectivity index (χ4n) is 4.39. The summed E-state index contributed by atoms with van der Waals surface area (Å²) >= 11 is 1.53. The lowest BCUT2D eigenvalue weighted by Crippen LogP contribution is -2.45. The van der Waals surface area contributed by atoms with Crippen molar-refractivity contribution in [3.05, 3.63) is 24.3 Å². The third-order valence-electron chi connectivity index (χ3n) is 6.28. The molecular formula is C22H30N2O4S. The van der Waals surface area contributed by atoms with Crippen LogP contribution in [-0.4, -0.2) is 48.1 Å². The monoisotopic (exact) mass is 418 g/mol. The zero-order valence-electron chi connectivity index (χ0n) is 17.3. The smallest absolute Gasteiger partial charge is 0.311 e. The highest BCUT2D eigenvalue weighted by atomic mass is 32.2. The molecule has 0 radical (unpaired) electrons. The van der Waals surface area contributed by atoms with Gasteiger partial charge in [-0.05, 0) is 36.6 Å². The molecule has 0 unspecified atom stereocenters. The summed E-state index contributed by atoms with van der Waals surface area (Å²) in [5, 5.41) is 2.77. The highest BCUT2D eigenvalue weighted by Crippen LogP contribution is 2.36. The third kappa shape index (κ3) is 5.13. The van der Waals surface area contributed by atoms with Crippen LogP contribution in [0.25, 0.3) is 0 Å². The highest BCUT2D eigenvalue weighted by Gasteiger charge is 2.42. The Bertz CT molecular complexity index is 769. The molecule has 0 bridgehead atoms. The Morgan fingerprint density at radius 2 is 2.00 bits per heavy atom. The van der Waals surface area contributed by atoms with Gasteiger partial charge in [-0.1, -0.05) is 38.8 Å². The summed E-state index contributed by atoms with van der Waals surface area (Å²) in [6.45, 7) is 4.49. The van der Waals surface area contributed by atoms with Gasteiger partial charge in [0, 0.05) is 23.9 Å². The quantitative estimate of drug-likeness (QED) is 0.565. The van der Waals surface area contributed by atoms with Crippen LogP contribution in [0.15, 0.2) is 29.2 Å². The number of hydrogen-bond acceptors (Lipinski definition) is 5. The van der Waals surface area contributed by atoms with Gasteiger partial charge < -0.3 is 15.0 Å². The summed E-state index contributed by atoms with van der Waals surface area (Å²) in [6, 6.07) is 7.67. The van der Waals surface area contributed by atoms with Crippen molar-refractivity contribution in [3.63, 3.8) is 0 Å². The summed E-state index contributed by atoms with van der Waals surface area (Å²) < 4.78 is 5.23. The molecule has 7 heteroatoms. The zero-order chi connectivity index (χ0) is 21.0. The Hall–Kier alpha value is -2.02. The zero-order valence-corrected chi connectivity index (χ0v) is 18.2. The minimum atomic E-state index is -0.488. The Morgan fingerprint density at radius 1 is 1.24 bits per heavy atom. The van der Waals surface area contributed by atoms with Crippen molar-refractivity contribution in [1.29, 1.82) is 0 Å². The summed E-state index contributed by atoms with van der Waals surface area (Å²) in [4.78, 5) is 40.0. The van der Waals surface area contributed by atoms with Gasteiger partial charge in [-0.3, -0.25) is 14.4 Å². The lowest BCUT2D eigenvalue weighted by molar-refractivity contribution is -0.151. The number of benzene rings is 1. The highest BCUT2D eigenvalue weighted by molar-refractivity contribution is 7.98. The Labute approximate surface area is 176 Å². The second kappa shape index (κ2) is 9.65. The van der Waals surface area contributed by atoms with E-state index in [0.29, 0.717) is 24.1 Å². The average molecular weight is 419 g/mol. The number of nitrogens with one attached hydrogen (secondary N) is 1. The van der Waals surface area contributed by atoms with Gasteiger partial charge in [0.05, 0.1) is 11.6 Å². The number of hydrogen-bond donors (Lipinski definition) is 1. The molecule has 29 heavy (non-hydrogen) atoms. The fraction of sp³-hybridized carbons (Fsp3) is 0.591. The summed E-state index contributed by atoms with van der Waals surface area (Å²) in [7, 11) is 0. The molecule has 2 amide bonds. The SMILES string of the molecule is CSc1ccccc1NC(=O)COC(=O)[C@@H]1CC(=O)N([C@@H]2CCC[C@@H](C)[C@H]2C)C1. The van der Waals surface area contributed by atoms with Crippen LogP contribution in [0, 0.1) is 17.8 Å². The first kappa shape index (κ1) is 21.7. The van der Waals surface area contributed by atoms with E-state index >= 15 is 0 Å². The van der Waals surface area contributed by atoms with Crippen LogP contribution in [-0.2, 0) is 19.1 Å². The van der Waals surface area contributed by atoms with E-state index in [9.17, 15) is 14.4 Å². The Morgan fingerprint density at radius 3 is 2.76 bits per heavy atom. The number of likely N-dealkylation sites (tertiary alicyclic amines) is 1. The standard InChI is InChI=1S/C22H30N2O4S/c1-14-7-6-9-18(15(14)2)24-12-16(11-21(24)26)22(27)28-13-20(25)23-17-8-4-5-10-19(17)29-3/h4-5,8,10,14-16,18H,6-7,9,11-13H2,1-3H3,(H,23,25)/t14-,15-,16-,18-/m1/s1. The third-order valence-corrected chi connectivity index (χ3v) is 7.08. The molecular weight excluding hydrogens is 388 g/mol. The van der Waals surface area contributed by atoms with Gasteiger partial charge in [0.1, 0.15) is 0 Å². The molecule has 158 valence electrons. The summed E-state index contributed by atoms with van der Waals surface area (Å²) in [5.41, 5.74) is 0.698. The number of ether oxygens (including phenoxy) is 1. The molecule has 1 aromatic carbocycles. The summed E-state index contributed by atoms with van der Waals surface area (Å²) in [6.07, 6.45) is 5.41. The second-order valence-electron chi connectivity index (χ2n) is 8.14. The number of anilines is 1. The van der Waals surface area contributed by atoms with Gasteiger partial charge in [0.2, 0.25) is 5.91 Å². The van der Waals surface area contributed by atoms with Crippen molar-refractivity contribution in [3.8, 4) is 0 Å². The van der Waals surface area contributed by atoms with Gasteiger partial charge in [-0.2, -0.15) is 0 Å². The number of carbonyl (C=O) groups excluding carboxylic acids is 3. The lowest BCUT2D eigenvalue weighted by Gasteiger charge is -2.39. The van der Waals surface area contributed by atoms with E-state index in [2.05, 4.69) is 19.2 Å². The van der Waals surface area contributed by atoms with Crippen molar-refractivity contribution in [1.82, 2.24) is 4.90 Å². The Kier molecular flexibility index (Phi) is 7.22. The number of esters is 1. The molecule has 6 nitrogen and oxygen atoms in total. The van der Waals surface area contributed by atoms with Crippen molar-refractivity contribution in [2.45, 2.75) is 50.5 Å². The van der Waals surface area contributed by atoms with E-state index in [1.165, 1.54) is 18.2 Å². The largest absolute Gasteiger partial charge is 0.455 e. The fourth-order valence-corrected chi connectivity index (χ4v) is 4.95. The Balaban J connectivity index is 1.51. The van der Waals surface area contributed by atoms with Crippen LogP contribution in [0.1, 0.15) is 39.5 Å². The maximum atomic E-state index is 12.5. The first-order valence-electron chi connectivity index (χ1n) is 10.3. The summed E-state index contributed by atoms with van der Waals surface area (Å²) in [5.74, 6) is -0.291. The predicted octanol–water partition coefficient (Wildman–Crippen LogP) is 3.56. The molecule has 2 fully saturated rings. The van der Waals surface area contributed by atoms with Crippen LogP contribution in [0.2, 0.25) is 0 Å². The predicted molar refractivity (Wildman–Crippen MR) is 114 cm³/mol. The van der Waals surface area contributed by atoms with E-state index in [0.717, 1.165) is 17.7 Å². The molecule has 1 heterocycles. The van der Waals surface area contributed by atoms with E-state index in [1.54, 1.807) is 0 Å². The molecule has 1 saturated carbocycles. The van der Waals surface area contributed by atoms with Crippen LogP contribution >= 0.6 is 11.8 Å². The first-order chi connectivity index (χ1) is 13.9. The van der Waals surface area contributed by atoms with Crippen molar-refractivity contribution in [2.24, 2.45) is 17.8 Å². The molecule has 1 aromatic rings. The molecule has 1 aliphatic heterocycles. The molecule has 1 aliphatic carbocycles. The number of amides is 2. The number of thioether (sulfide) groups is 1.